The molecule has 0 saturated heterocycles. The van der Waals surface area contributed by atoms with Gasteiger partial charge in [-0.15, -0.1) is 0 Å². The van der Waals surface area contributed by atoms with E-state index in [4.69, 9.17) is 0 Å². The molecule has 0 amide bonds. The van der Waals surface area contributed by atoms with Crippen molar-refractivity contribution in [3.8, 4) is 0 Å². The van der Waals surface area contributed by atoms with E-state index in [1.807, 2.05) is 6.07 Å². The van der Waals surface area contributed by atoms with Gasteiger partial charge in [-0.3, -0.25) is 0 Å². The van der Waals surface area contributed by atoms with E-state index in [1.54, 1.807) is 11.8 Å². The Hall–Kier alpha value is -1.15. The molecule has 20 heavy (non-hydrogen) atoms. The van der Waals surface area contributed by atoms with Crippen LogP contribution in [0.1, 0.15) is 33.5 Å². The minimum absolute atomic E-state index is 0.261. The first kappa shape index (κ1) is 13.8. The molecule has 2 aromatic rings. The van der Waals surface area contributed by atoms with Crippen LogP contribution in [0.3, 0.4) is 0 Å². The third-order valence-corrected chi connectivity index (χ3v) is 5.51. The average molecular weight is 345 g/mol. The standard InChI is InChI=1S/C17H14OSSe/c1-11-2-4-12(5-3-11)17(20)13-6-7-16-14(10-13)15(18)8-9-19-16/h2-7,10H,8-9H2,1H3. The second kappa shape index (κ2) is 5.69. The van der Waals surface area contributed by atoms with Gasteiger partial charge in [-0.1, -0.05) is 0 Å². The molecule has 3 heteroatoms. The molecule has 0 fully saturated rings. The molecule has 0 bridgehead atoms. The van der Waals surface area contributed by atoms with Crippen molar-refractivity contribution in [2.45, 2.75) is 18.2 Å². The normalized spacial score (nSPS) is 13.9. The van der Waals surface area contributed by atoms with E-state index in [9.17, 15) is 4.79 Å². The molecular formula is C17H14OSSe. The summed E-state index contributed by atoms with van der Waals surface area (Å²) in [5.41, 5.74) is 4.37. The van der Waals surface area contributed by atoms with E-state index in [0.29, 0.717) is 6.42 Å². The molecule has 1 aliphatic rings. The SMILES string of the molecule is Cc1ccc(C(=[Se])c2ccc3c(c2)C(=O)CCS3)cc1. The quantitative estimate of drug-likeness (QED) is 0.776. The van der Waals surface area contributed by atoms with Gasteiger partial charge < -0.3 is 0 Å². The topological polar surface area (TPSA) is 17.1 Å². The van der Waals surface area contributed by atoms with Gasteiger partial charge in [0.15, 0.2) is 0 Å². The molecule has 0 atom stereocenters. The zero-order valence-electron chi connectivity index (χ0n) is 11.2. The molecular weight excluding hydrogens is 331 g/mol. The average Bonchev–Trinajstić information content (AvgIpc) is 2.47. The fourth-order valence-corrected chi connectivity index (χ4v) is 3.83. The van der Waals surface area contributed by atoms with Gasteiger partial charge in [-0.2, -0.15) is 0 Å². The van der Waals surface area contributed by atoms with Gasteiger partial charge in [0.25, 0.3) is 0 Å². The van der Waals surface area contributed by atoms with Crippen LogP contribution in [0.15, 0.2) is 47.4 Å². The van der Waals surface area contributed by atoms with Gasteiger partial charge in [-0.05, 0) is 0 Å². The molecule has 0 spiro atoms. The number of carbonyl (C=O) groups is 1. The number of rotatable bonds is 2. The van der Waals surface area contributed by atoms with Gasteiger partial charge in [-0.25, -0.2) is 0 Å². The van der Waals surface area contributed by atoms with Crippen molar-refractivity contribution in [1.29, 1.82) is 0 Å². The van der Waals surface area contributed by atoms with Crippen LogP contribution in [0.5, 0.6) is 0 Å². The Bertz CT molecular complexity index is 689. The molecule has 0 saturated carbocycles. The fourth-order valence-electron chi connectivity index (χ4n) is 2.27. The maximum absolute atomic E-state index is 12.0. The zero-order valence-corrected chi connectivity index (χ0v) is 13.7. The molecule has 0 aromatic heterocycles. The predicted octanol–water partition coefficient (Wildman–Crippen LogP) is 3.41. The van der Waals surface area contributed by atoms with Gasteiger partial charge in [0.2, 0.25) is 0 Å². The van der Waals surface area contributed by atoms with Crippen molar-refractivity contribution in [3.05, 3.63) is 64.7 Å². The fraction of sp³-hybridized carbons (Fsp3) is 0.176. The first-order valence-electron chi connectivity index (χ1n) is 6.56. The van der Waals surface area contributed by atoms with Gasteiger partial charge in [0, 0.05) is 0 Å². The Morgan fingerprint density at radius 3 is 2.55 bits per heavy atom. The predicted molar refractivity (Wildman–Crippen MR) is 86.3 cm³/mol. The molecule has 0 unspecified atom stereocenters. The number of aryl methyl sites for hydroxylation is 1. The van der Waals surface area contributed by atoms with Crippen LogP contribution in [0, 0.1) is 6.92 Å². The van der Waals surface area contributed by atoms with E-state index < -0.39 is 0 Å². The van der Waals surface area contributed by atoms with E-state index in [1.165, 1.54) is 5.56 Å². The van der Waals surface area contributed by atoms with Gasteiger partial charge in [0.1, 0.15) is 0 Å². The molecule has 1 nitrogen and oxygen atoms in total. The third kappa shape index (κ3) is 2.67. The first-order chi connectivity index (χ1) is 9.65. The zero-order chi connectivity index (χ0) is 14.1. The van der Waals surface area contributed by atoms with Crippen LogP contribution in [-0.4, -0.2) is 31.5 Å². The van der Waals surface area contributed by atoms with E-state index in [-0.39, 0.29) is 5.78 Å². The summed E-state index contributed by atoms with van der Waals surface area (Å²) in [5.74, 6) is 1.16. The molecule has 2 aromatic carbocycles. The molecule has 1 aliphatic heterocycles. The second-order valence-electron chi connectivity index (χ2n) is 4.93. The Kier molecular flexibility index (Phi) is 3.93. The van der Waals surface area contributed by atoms with Crippen molar-refractivity contribution in [2.75, 3.05) is 5.75 Å². The monoisotopic (exact) mass is 346 g/mol. The number of Topliss-reactive ketones (excluding diaryl/α,β-unsaturated/α-hetero) is 1. The molecule has 0 aliphatic carbocycles. The summed E-state index contributed by atoms with van der Waals surface area (Å²) in [5, 5.41) is 0. The van der Waals surface area contributed by atoms with E-state index >= 15 is 0 Å². The summed E-state index contributed by atoms with van der Waals surface area (Å²) >= 11 is 4.92. The number of hydrogen-bond donors (Lipinski definition) is 0. The van der Waals surface area contributed by atoms with Crippen LogP contribution >= 0.6 is 11.8 Å². The van der Waals surface area contributed by atoms with Crippen molar-refractivity contribution < 1.29 is 4.79 Å². The number of carbonyl (C=O) groups excluding carboxylic acids is 1. The molecule has 3 rings (SSSR count). The number of benzene rings is 2. The maximum atomic E-state index is 12.0. The number of ketones is 1. The number of hydrogen-bond acceptors (Lipinski definition) is 2. The number of thioether (sulfide) groups is 1. The Labute approximate surface area is 131 Å². The van der Waals surface area contributed by atoms with Gasteiger partial charge in [0.05, 0.1) is 0 Å². The van der Waals surface area contributed by atoms with Crippen molar-refractivity contribution in [3.63, 3.8) is 0 Å². The van der Waals surface area contributed by atoms with E-state index in [2.05, 4.69) is 58.9 Å². The molecule has 1 heterocycles. The third-order valence-electron chi connectivity index (χ3n) is 3.44. The van der Waals surface area contributed by atoms with Crippen LogP contribution in [-0.2, 0) is 0 Å². The van der Waals surface area contributed by atoms with Crippen LogP contribution in [0.25, 0.3) is 0 Å². The van der Waals surface area contributed by atoms with Crippen molar-refractivity contribution in [2.24, 2.45) is 0 Å². The molecule has 100 valence electrons. The Morgan fingerprint density at radius 1 is 1.10 bits per heavy atom. The van der Waals surface area contributed by atoms with Crippen molar-refractivity contribution in [1.82, 2.24) is 0 Å². The van der Waals surface area contributed by atoms with Crippen LogP contribution < -0.4 is 0 Å². The summed E-state index contributed by atoms with van der Waals surface area (Å²) in [7, 11) is 0. The summed E-state index contributed by atoms with van der Waals surface area (Å²) in [6, 6.07) is 14.6. The minimum atomic E-state index is 0.261. The van der Waals surface area contributed by atoms with E-state index in [0.717, 1.165) is 31.8 Å². The Morgan fingerprint density at radius 2 is 1.80 bits per heavy atom. The summed E-state index contributed by atoms with van der Waals surface area (Å²) < 4.78 is 1.09. The summed E-state index contributed by atoms with van der Waals surface area (Å²) in [4.78, 5) is 13.1. The van der Waals surface area contributed by atoms with Gasteiger partial charge >= 0.3 is 131 Å². The van der Waals surface area contributed by atoms with Crippen LogP contribution in [0.2, 0.25) is 0 Å². The number of fused-ring (bicyclic) bond motifs is 1. The van der Waals surface area contributed by atoms with Crippen molar-refractivity contribution >= 4 is 37.5 Å². The second-order valence-corrected chi connectivity index (χ2v) is 6.92. The first-order valence-corrected chi connectivity index (χ1v) is 8.41. The molecule has 0 N–H and O–H groups in total. The summed E-state index contributed by atoms with van der Waals surface area (Å²) in [6.45, 7) is 2.08. The van der Waals surface area contributed by atoms with Crippen LogP contribution in [0.4, 0.5) is 0 Å². The molecule has 0 radical (unpaired) electrons. The summed E-state index contributed by atoms with van der Waals surface area (Å²) in [6.07, 6.45) is 0.647. The Balaban J connectivity index is 1.98.